The monoisotopic (exact) mass is 679 g/mol. The summed E-state index contributed by atoms with van der Waals surface area (Å²) in [5.74, 6) is 2.15. The summed E-state index contributed by atoms with van der Waals surface area (Å²) in [4.78, 5) is 9.17. The predicted octanol–water partition coefficient (Wildman–Crippen LogP) is 7.45. The molecule has 5 nitrogen and oxygen atoms in total. The Bertz CT molecular complexity index is 1510. The van der Waals surface area contributed by atoms with Gasteiger partial charge in [0.05, 0.1) is 5.82 Å². The average Bonchev–Trinajstić information content (AvgIpc) is 3.33. The van der Waals surface area contributed by atoms with Crippen LogP contribution in [0.5, 0.6) is 0 Å². The summed E-state index contributed by atoms with van der Waals surface area (Å²) in [6.45, 7) is 12.9. The van der Waals surface area contributed by atoms with Gasteiger partial charge in [-0.2, -0.15) is 5.10 Å². The second-order valence-electron chi connectivity index (χ2n) is 11.4. The first-order valence-corrected chi connectivity index (χ1v) is 12.6. The molecule has 0 aliphatic rings. The average molecular weight is 679 g/mol. The quantitative estimate of drug-likeness (QED) is 0.186. The van der Waals surface area contributed by atoms with Gasteiger partial charge in [-0.3, -0.25) is 0 Å². The number of hydrogen-bond acceptors (Lipinski definition) is 4. The fraction of sp³-hybridized carbons (Fsp3) is 0.250. The molecule has 5 aromatic rings. The zero-order valence-electron chi connectivity index (χ0n) is 22.7. The van der Waals surface area contributed by atoms with Crippen LogP contribution in [0.2, 0.25) is 0 Å². The van der Waals surface area contributed by atoms with Crippen LogP contribution in [0.4, 0.5) is 0 Å². The van der Waals surface area contributed by atoms with Crippen molar-refractivity contribution in [2.24, 2.45) is 0 Å². The minimum absolute atomic E-state index is 0. The van der Waals surface area contributed by atoms with E-state index < -0.39 is 0 Å². The Kier molecular flexibility index (Phi) is 7.78. The molecule has 0 fully saturated rings. The van der Waals surface area contributed by atoms with Gasteiger partial charge in [0.15, 0.2) is 5.82 Å². The summed E-state index contributed by atoms with van der Waals surface area (Å²) in [5.41, 5.74) is 6.05. The topological polar surface area (TPSA) is 56.5 Å². The van der Waals surface area contributed by atoms with Gasteiger partial charge in [0.1, 0.15) is 0 Å². The number of hydrogen-bond donors (Lipinski definition) is 0. The number of rotatable bonds is 4. The molecule has 5 rings (SSSR count). The van der Waals surface area contributed by atoms with Gasteiger partial charge in [0.25, 0.3) is 0 Å². The largest absolute Gasteiger partial charge is 0.338 e. The van der Waals surface area contributed by atoms with Gasteiger partial charge in [0.2, 0.25) is 0 Å². The van der Waals surface area contributed by atoms with Gasteiger partial charge in [-0.1, -0.05) is 120 Å². The third-order valence-electron chi connectivity index (χ3n) is 6.42. The molecule has 0 aliphatic heterocycles. The summed E-state index contributed by atoms with van der Waals surface area (Å²) in [7, 11) is 0. The SMILES string of the molecule is CC(C)(C)c1ccc(-n2c(-c3[c-]nc(C(C)(C)C)nc3)nnc2-c2ccccc2-c2ccccc2)cc1.[Ir]. The Balaban J connectivity index is 0.00000336. The fourth-order valence-electron chi connectivity index (χ4n) is 4.30. The Morgan fingerprint density at radius 3 is 1.84 bits per heavy atom. The van der Waals surface area contributed by atoms with Crippen LogP contribution in [0.25, 0.3) is 39.6 Å². The van der Waals surface area contributed by atoms with Crippen molar-refractivity contribution in [3.8, 4) is 39.6 Å². The third-order valence-corrected chi connectivity index (χ3v) is 6.42. The second kappa shape index (κ2) is 10.7. The van der Waals surface area contributed by atoms with Crippen molar-refractivity contribution in [1.29, 1.82) is 0 Å². The van der Waals surface area contributed by atoms with Crippen LogP contribution in [-0.4, -0.2) is 24.7 Å². The maximum Gasteiger partial charge on any atom is 0.160 e. The molecule has 0 bridgehead atoms. The van der Waals surface area contributed by atoms with Gasteiger partial charge in [0, 0.05) is 37.2 Å². The smallest absolute Gasteiger partial charge is 0.160 e. The number of aromatic nitrogens is 5. The van der Waals surface area contributed by atoms with Crippen LogP contribution in [0.15, 0.2) is 85.1 Å². The summed E-state index contributed by atoms with van der Waals surface area (Å²) in [6.07, 6.45) is 4.98. The maximum atomic E-state index is 4.71. The van der Waals surface area contributed by atoms with E-state index >= 15 is 0 Å². The molecule has 0 saturated carbocycles. The zero-order valence-corrected chi connectivity index (χ0v) is 25.0. The van der Waals surface area contributed by atoms with Crippen LogP contribution < -0.4 is 0 Å². The summed E-state index contributed by atoms with van der Waals surface area (Å²) < 4.78 is 2.08. The fourth-order valence-corrected chi connectivity index (χ4v) is 4.30. The predicted molar refractivity (Wildman–Crippen MR) is 149 cm³/mol. The molecule has 38 heavy (non-hydrogen) atoms. The Morgan fingerprint density at radius 1 is 0.658 bits per heavy atom. The van der Waals surface area contributed by atoms with Gasteiger partial charge < -0.3 is 14.5 Å². The van der Waals surface area contributed by atoms with Gasteiger partial charge in [-0.15, -0.1) is 5.10 Å². The number of nitrogens with zero attached hydrogens (tertiary/aromatic N) is 5. The maximum absolute atomic E-state index is 4.71. The van der Waals surface area contributed by atoms with Crippen LogP contribution in [0.1, 0.15) is 52.9 Å². The van der Waals surface area contributed by atoms with E-state index in [0.29, 0.717) is 11.4 Å². The van der Waals surface area contributed by atoms with E-state index in [9.17, 15) is 0 Å². The van der Waals surface area contributed by atoms with Crippen molar-refractivity contribution < 1.29 is 20.1 Å². The molecule has 3 aromatic carbocycles. The molecular formula is C32H32IrN5-. The Hall–Kier alpha value is -3.47. The first-order valence-electron chi connectivity index (χ1n) is 12.6. The zero-order chi connectivity index (χ0) is 26.2. The van der Waals surface area contributed by atoms with Crippen LogP contribution in [0.3, 0.4) is 0 Å². The number of benzene rings is 3. The molecule has 2 aromatic heterocycles. The second-order valence-corrected chi connectivity index (χ2v) is 11.4. The summed E-state index contributed by atoms with van der Waals surface area (Å²) in [5, 5.41) is 9.34. The van der Waals surface area contributed by atoms with E-state index in [1.807, 2.05) is 12.1 Å². The van der Waals surface area contributed by atoms with Crippen molar-refractivity contribution >= 4 is 0 Å². The molecular weight excluding hydrogens is 647 g/mol. The summed E-state index contributed by atoms with van der Waals surface area (Å²) in [6, 6.07) is 27.3. The normalized spacial score (nSPS) is 11.7. The minimum atomic E-state index is -0.161. The van der Waals surface area contributed by atoms with Crippen LogP contribution in [0, 0.1) is 6.20 Å². The van der Waals surface area contributed by atoms with Crippen molar-refractivity contribution in [3.05, 3.63) is 103 Å². The molecule has 0 unspecified atom stereocenters. The van der Waals surface area contributed by atoms with E-state index in [1.165, 1.54) is 5.56 Å². The van der Waals surface area contributed by atoms with Gasteiger partial charge >= 0.3 is 0 Å². The van der Waals surface area contributed by atoms with Crippen molar-refractivity contribution in [2.45, 2.75) is 52.4 Å². The molecule has 0 amide bonds. The summed E-state index contributed by atoms with van der Waals surface area (Å²) >= 11 is 0. The molecule has 2 heterocycles. The third kappa shape index (κ3) is 5.52. The van der Waals surface area contributed by atoms with Crippen LogP contribution in [-0.2, 0) is 30.9 Å². The van der Waals surface area contributed by atoms with E-state index in [0.717, 1.165) is 34.0 Å². The molecule has 6 heteroatoms. The van der Waals surface area contributed by atoms with Gasteiger partial charge in [-0.05, 0) is 45.8 Å². The molecule has 0 spiro atoms. The molecule has 0 N–H and O–H groups in total. The first kappa shape index (κ1) is 27.6. The van der Waals surface area contributed by atoms with Crippen molar-refractivity contribution in [2.75, 3.05) is 0 Å². The van der Waals surface area contributed by atoms with E-state index in [2.05, 4.69) is 134 Å². The van der Waals surface area contributed by atoms with Crippen LogP contribution >= 0.6 is 0 Å². The molecule has 0 atom stereocenters. The first-order chi connectivity index (χ1) is 17.6. The van der Waals surface area contributed by atoms with Crippen molar-refractivity contribution in [3.63, 3.8) is 0 Å². The molecule has 195 valence electrons. The molecule has 1 radical (unpaired) electrons. The van der Waals surface area contributed by atoms with Gasteiger partial charge in [-0.25, -0.2) is 0 Å². The minimum Gasteiger partial charge on any atom is -0.338 e. The molecule has 0 aliphatic carbocycles. The molecule has 0 saturated heterocycles. The van der Waals surface area contributed by atoms with E-state index in [1.54, 1.807) is 6.20 Å². The van der Waals surface area contributed by atoms with E-state index in [-0.39, 0.29) is 30.9 Å². The standard InChI is InChI=1S/C32H32N5.Ir/c1-31(2,3)24-16-18-25(19-17-24)37-28(23-20-33-30(34-21-23)32(4,5)6)35-36-29(37)27-15-11-10-14-26(27)22-12-8-7-9-13-22;/h7-20H,1-6H3;/q-1;. The van der Waals surface area contributed by atoms with E-state index in [4.69, 9.17) is 5.10 Å². The van der Waals surface area contributed by atoms with Crippen molar-refractivity contribution in [1.82, 2.24) is 24.7 Å². The Labute approximate surface area is 238 Å². The Morgan fingerprint density at radius 2 is 1.26 bits per heavy atom.